The van der Waals surface area contributed by atoms with E-state index in [1.165, 1.54) is 16.7 Å². The van der Waals surface area contributed by atoms with Gasteiger partial charge in [-0.2, -0.15) is 0 Å². The van der Waals surface area contributed by atoms with Gasteiger partial charge in [-0.05, 0) is 36.1 Å². The van der Waals surface area contributed by atoms with Crippen molar-refractivity contribution in [3.05, 3.63) is 41.0 Å². The molecule has 2 nitrogen and oxygen atoms in total. The third kappa shape index (κ3) is 1.59. The Morgan fingerprint density at radius 1 is 1.19 bits per heavy atom. The Labute approximate surface area is 95.4 Å². The lowest BCUT2D eigenvalue weighted by molar-refractivity contribution is 0.0994. The molecule has 1 N–H and O–H groups in total. The zero-order valence-electron chi connectivity index (χ0n) is 9.25. The highest BCUT2D eigenvalue weighted by Gasteiger charge is 2.19. The normalized spacial score (nSPS) is 19.5. The predicted molar refractivity (Wildman–Crippen MR) is 64.6 cm³/mol. The molecular weight excluding hydrogens is 198 g/mol. The molecule has 1 aliphatic carbocycles. The number of Topliss-reactive ketones (excluding diaryl/α,β-unsaturated/α-hetero) is 1. The molecule has 0 atom stereocenters. The summed E-state index contributed by atoms with van der Waals surface area (Å²) in [5.74, 6) is 0.303. The Morgan fingerprint density at radius 2 is 2.12 bits per heavy atom. The molecule has 2 aliphatic rings. The molecule has 2 heteroatoms. The summed E-state index contributed by atoms with van der Waals surface area (Å²) < 4.78 is 0. The number of hydrogen-bond acceptors (Lipinski definition) is 2. The van der Waals surface area contributed by atoms with Crippen molar-refractivity contribution >= 4 is 11.4 Å². The molecule has 0 aromatic heterocycles. The Hall–Kier alpha value is -1.41. The van der Waals surface area contributed by atoms with Crippen molar-refractivity contribution in [2.24, 2.45) is 0 Å². The number of ketones is 1. The number of nitrogens with one attached hydrogen (secondary N) is 1. The third-order valence-electron chi connectivity index (χ3n) is 3.43. The van der Waals surface area contributed by atoms with Gasteiger partial charge in [0.25, 0.3) is 0 Å². The van der Waals surface area contributed by atoms with E-state index in [9.17, 15) is 4.79 Å². The molecule has 3 rings (SSSR count). The SMILES string of the molecule is O=C1CCc2cc(C3=CCCNC3)ccc21. The molecule has 0 amide bonds. The van der Waals surface area contributed by atoms with Crippen molar-refractivity contribution in [1.82, 2.24) is 5.32 Å². The molecule has 1 aromatic rings. The topological polar surface area (TPSA) is 29.1 Å². The van der Waals surface area contributed by atoms with Gasteiger partial charge in [0.2, 0.25) is 0 Å². The van der Waals surface area contributed by atoms with Crippen LogP contribution < -0.4 is 5.32 Å². The second-order valence-corrected chi connectivity index (χ2v) is 4.49. The van der Waals surface area contributed by atoms with Gasteiger partial charge in [0, 0.05) is 18.5 Å². The minimum Gasteiger partial charge on any atom is -0.312 e. The van der Waals surface area contributed by atoms with Crippen LogP contribution in [0, 0.1) is 0 Å². The van der Waals surface area contributed by atoms with Crippen LogP contribution in [0.3, 0.4) is 0 Å². The third-order valence-corrected chi connectivity index (χ3v) is 3.43. The van der Waals surface area contributed by atoms with Crippen LogP contribution in [-0.2, 0) is 6.42 Å². The van der Waals surface area contributed by atoms with Crippen molar-refractivity contribution in [2.75, 3.05) is 13.1 Å². The van der Waals surface area contributed by atoms with Crippen molar-refractivity contribution in [3.63, 3.8) is 0 Å². The lowest BCUT2D eigenvalue weighted by Gasteiger charge is -2.15. The lowest BCUT2D eigenvalue weighted by atomic mass is 9.98. The Kier molecular flexibility index (Phi) is 2.37. The molecular formula is C14H15NO. The summed E-state index contributed by atoms with van der Waals surface area (Å²) in [6.45, 7) is 2.03. The summed E-state index contributed by atoms with van der Waals surface area (Å²) in [6.07, 6.45) is 5.01. The first-order valence-corrected chi connectivity index (χ1v) is 5.91. The van der Waals surface area contributed by atoms with Crippen LogP contribution in [0.5, 0.6) is 0 Å². The zero-order valence-corrected chi connectivity index (χ0v) is 9.25. The van der Waals surface area contributed by atoms with Gasteiger partial charge in [0.1, 0.15) is 0 Å². The van der Waals surface area contributed by atoms with Gasteiger partial charge in [0.05, 0.1) is 0 Å². The Morgan fingerprint density at radius 3 is 2.94 bits per heavy atom. The van der Waals surface area contributed by atoms with E-state index in [1.54, 1.807) is 0 Å². The molecule has 16 heavy (non-hydrogen) atoms. The summed E-state index contributed by atoms with van der Waals surface area (Å²) in [6, 6.07) is 6.27. The van der Waals surface area contributed by atoms with Gasteiger partial charge in [-0.3, -0.25) is 4.79 Å². The number of benzene rings is 1. The fraction of sp³-hybridized carbons (Fsp3) is 0.357. The van der Waals surface area contributed by atoms with E-state index in [-0.39, 0.29) is 0 Å². The average molecular weight is 213 g/mol. The summed E-state index contributed by atoms with van der Waals surface area (Å²) in [7, 11) is 0. The van der Waals surface area contributed by atoms with Crippen LogP contribution in [-0.4, -0.2) is 18.9 Å². The molecule has 1 aromatic carbocycles. The number of hydrogen-bond donors (Lipinski definition) is 1. The number of carbonyl (C=O) groups is 1. The lowest BCUT2D eigenvalue weighted by Crippen LogP contribution is -2.21. The number of fused-ring (bicyclic) bond motifs is 1. The van der Waals surface area contributed by atoms with Crippen molar-refractivity contribution < 1.29 is 4.79 Å². The Balaban J connectivity index is 1.98. The van der Waals surface area contributed by atoms with Gasteiger partial charge in [-0.25, -0.2) is 0 Å². The van der Waals surface area contributed by atoms with E-state index in [4.69, 9.17) is 0 Å². The first-order valence-electron chi connectivity index (χ1n) is 5.91. The van der Waals surface area contributed by atoms with Crippen molar-refractivity contribution in [2.45, 2.75) is 19.3 Å². The van der Waals surface area contributed by atoms with Crippen LogP contribution in [0.2, 0.25) is 0 Å². The highest BCUT2D eigenvalue weighted by atomic mass is 16.1. The molecule has 0 saturated heterocycles. The van der Waals surface area contributed by atoms with E-state index in [1.807, 2.05) is 6.07 Å². The largest absolute Gasteiger partial charge is 0.312 e. The van der Waals surface area contributed by atoms with Crippen LogP contribution in [0.25, 0.3) is 5.57 Å². The molecule has 0 radical (unpaired) electrons. The fourth-order valence-electron chi connectivity index (χ4n) is 2.52. The first kappa shape index (κ1) is 9.79. The van der Waals surface area contributed by atoms with Crippen LogP contribution in [0.1, 0.15) is 34.3 Å². The van der Waals surface area contributed by atoms with Crippen LogP contribution in [0.15, 0.2) is 24.3 Å². The first-order chi connectivity index (χ1) is 7.84. The maximum absolute atomic E-state index is 11.5. The minimum absolute atomic E-state index is 0.303. The number of rotatable bonds is 1. The smallest absolute Gasteiger partial charge is 0.163 e. The molecule has 1 heterocycles. The molecule has 82 valence electrons. The standard InChI is InChI=1S/C14H15NO/c16-14-6-4-11-8-10(3-5-13(11)14)12-2-1-7-15-9-12/h2-3,5,8,15H,1,4,6-7,9H2. The second-order valence-electron chi connectivity index (χ2n) is 4.49. The summed E-state index contributed by atoms with van der Waals surface area (Å²) in [5.41, 5.74) is 4.82. The monoisotopic (exact) mass is 213 g/mol. The number of carbonyl (C=O) groups excluding carboxylic acids is 1. The van der Waals surface area contributed by atoms with Gasteiger partial charge in [-0.1, -0.05) is 24.3 Å². The summed E-state index contributed by atoms with van der Waals surface area (Å²) in [4.78, 5) is 11.5. The highest BCUT2D eigenvalue weighted by Crippen LogP contribution is 2.26. The maximum Gasteiger partial charge on any atom is 0.163 e. The molecule has 0 spiro atoms. The van der Waals surface area contributed by atoms with E-state index in [0.717, 1.165) is 31.5 Å². The van der Waals surface area contributed by atoms with Gasteiger partial charge in [0.15, 0.2) is 5.78 Å². The molecule has 0 fully saturated rings. The Bertz CT molecular complexity index is 474. The van der Waals surface area contributed by atoms with Crippen LogP contribution >= 0.6 is 0 Å². The summed E-state index contributed by atoms with van der Waals surface area (Å²) in [5, 5.41) is 3.37. The maximum atomic E-state index is 11.5. The number of aryl methyl sites for hydroxylation is 1. The van der Waals surface area contributed by atoms with Gasteiger partial charge >= 0.3 is 0 Å². The van der Waals surface area contributed by atoms with E-state index in [2.05, 4.69) is 23.5 Å². The molecule has 0 bridgehead atoms. The van der Waals surface area contributed by atoms with Crippen molar-refractivity contribution in [3.8, 4) is 0 Å². The van der Waals surface area contributed by atoms with E-state index in [0.29, 0.717) is 12.2 Å². The predicted octanol–water partition coefficient (Wildman–Crippen LogP) is 2.19. The minimum atomic E-state index is 0.303. The molecule has 1 aliphatic heterocycles. The van der Waals surface area contributed by atoms with Crippen LogP contribution in [0.4, 0.5) is 0 Å². The second kappa shape index (κ2) is 3.87. The van der Waals surface area contributed by atoms with E-state index < -0.39 is 0 Å². The summed E-state index contributed by atoms with van der Waals surface area (Å²) >= 11 is 0. The average Bonchev–Trinajstić information content (AvgIpc) is 2.72. The van der Waals surface area contributed by atoms with Crippen molar-refractivity contribution in [1.29, 1.82) is 0 Å². The highest BCUT2D eigenvalue weighted by molar-refractivity contribution is 6.00. The zero-order chi connectivity index (χ0) is 11.0. The fourth-order valence-corrected chi connectivity index (χ4v) is 2.52. The molecule has 0 saturated carbocycles. The van der Waals surface area contributed by atoms with E-state index >= 15 is 0 Å². The molecule has 0 unspecified atom stereocenters. The quantitative estimate of drug-likeness (QED) is 0.774. The van der Waals surface area contributed by atoms with Gasteiger partial charge in [-0.15, -0.1) is 0 Å². The van der Waals surface area contributed by atoms with Gasteiger partial charge < -0.3 is 5.32 Å².